The van der Waals surface area contributed by atoms with E-state index in [1.807, 2.05) is 18.8 Å². The number of nitrogens with one attached hydrogen (secondary N) is 3. The SMILES string of the molecule is CCSC1(CNC(=NC)NC2CCCC(C(=O)NC3CC3)C2)CCOCC1. The molecule has 1 heterocycles. The molecule has 3 N–H and O–H groups in total. The molecule has 7 heteroatoms. The van der Waals surface area contributed by atoms with Crippen molar-refractivity contribution in [2.45, 2.75) is 75.1 Å². The third-order valence-electron chi connectivity index (χ3n) is 5.97. The molecule has 2 atom stereocenters. The average molecular weight is 397 g/mol. The quantitative estimate of drug-likeness (QED) is 0.455. The van der Waals surface area contributed by atoms with E-state index >= 15 is 0 Å². The van der Waals surface area contributed by atoms with E-state index in [0.717, 1.165) is 82.8 Å². The molecule has 0 aromatic rings. The molecule has 27 heavy (non-hydrogen) atoms. The van der Waals surface area contributed by atoms with Gasteiger partial charge < -0.3 is 20.7 Å². The Morgan fingerprint density at radius 2 is 1.93 bits per heavy atom. The lowest BCUT2D eigenvalue weighted by Crippen LogP contribution is -2.51. The van der Waals surface area contributed by atoms with Crippen molar-refractivity contribution in [3.63, 3.8) is 0 Å². The van der Waals surface area contributed by atoms with E-state index in [2.05, 4.69) is 27.9 Å². The zero-order chi connectivity index (χ0) is 19.1. The van der Waals surface area contributed by atoms with Crippen LogP contribution in [0.2, 0.25) is 0 Å². The first kappa shape index (κ1) is 20.8. The standard InChI is InChI=1S/C20H36N4O2S/c1-3-27-20(9-11-26-12-10-20)14-22-19(21-2)24-17-6-4-5-15(13-17)18(25)23-16-7-8-16/h15-17H,3-14H2,1-2H3,(H,23,25)(H2,21,22,24). The van der Waals surface area contributed by atoms with Gasteiger partial charge >= 0.3 is 0 Å². The third kappa shape index (κ3) is 6.28. The number of aliphatic imine (C=N–C) groups is 1. The van der Waals surface area contributed by atoms with Crippen LogP contribution < -0.4 is 16.0 Å². The van der Waals surface area contributed by atoms with Gasteiger partial charge in [0.25, 0.3) is 0 Å². The molecule has 3 fully saturated rings. The molecule has 3 rings (SSSR count). The number of hydrogen-bond donors (Lipinski definition) is 3. The van der Waals surface area contributed by atoms with Crippen LogP contribution in [0.15, 0.2) is 4.99 Å². The van der Waals surface area contributed by atoms with Crippen molar-refractivity contribution < 1.29 is 9.53 Å². The van der Waals surface area contributed by atoms with Gasteiger partial charge in [-0.05, 0) is 50.7 Å². The number of guanidine groups is 1. The van der Waals surface area contributed by atoms with Gasteiger partial charge in [-0.25, -0.2) is 0 Å². The first-order valence-corrected chi connectivity index (χ1v) is 11.6. The highest BCUT2D eigenvalue weighted by molar-refractivity contribution is 8.00. The van der Waals surface area contributed by atoms with Crippen LogP contribution in [0.3, 0.4) is 0 Å². The summed E-state index contributed by atoms with van der Waals surface area (Å²) < 4.78 is 5.81. The smallest absolute Gasteiger partial charge is 0.223 e. The van der Waals surface area contributed by atoms with Crippen molar-refractivity contribution >= 4 is 23.6 Å². The Bertz CT molecular complexity index is 513. The lowest BCUT2D eigenvalue weighted by molar-refractivity contribution is -0.126. The van der Waals surface area contributed by atoms with Crippen LogP contribution >= 0.6 is 11.8 Å². The molecule has 154 valence electrons. The minimum absolute atomic E-state index is 0.146. The molecule has 3 aliphatic rings. The van der Waals surface area contributed by atoms with Gasteiger partial charge in [0.15, 0.2) is 5.96 Å². The minimum Gasteiger partial charge on any atom is -0.381 e. The summed E-state index contributed by atoms with van der Waals surface area (Å²) in [6, 6.07) is 0.774. The lowest BCUT2D eigenvalue weighted by atomic mass is 9.85. The van der Waals surface area contributed by atoms with Gasteiger partial charge in [-0.1, -0.05) is 13.3 Å². The summed E-state index contributed by atoms with van der Waals surface area (Å²) in [5, 5.41) is 10.3. The van der Waals surface area contributed by atoms with Crippen molar-refractivity contribution in [3.05, 3.63) is 0 Å². The van der Waals surface area contributed by atoms with Crippen LogP contribution in [0.1, 0.15) is 58.3 Å². The van der Waals surface area contributed by atoms with E-state index in [0.29, 0.717) is 12.1 Å². The molecule has 2 unspecified atom stereocenters. The molecule has 1 aliphatic heterocycles. The molecule has 1 amide bonds. The highest BCUT2D eigenvalue weighted by Gasteiger charge is 2.34. The molecule has 0 bridgehead atoms. The largest absolute Gasteiger partial charge is 0.381 e. The number of rotatable bonds is 7. The highest BCUT2D eigenvalue weighted by atomic mass is 32.2. The van der Waals surface area contributed by atoms with Crippen LogP contribution in [-0.4, -0.2) is 61.3 Å². The zero-order valence-corrected chi connectivity index (χ0v) is 17.7. The van der Waals surface area contributed by atoms with Crippen molar-refractivity contribution in [2.24, 2.45) is 10.9 Å². The summed E-state index contributed by atoms with van der Waals surface area (Å²) in [5.74, 6) is 2.39. The van der Waals surface area contributed by atoms with Crippen molar-refractivity contribution in [3.8, 4) is 0 Å². The summed E-state index contributed by atoms with van der Waals surface area (Å²) in [4.78, 5) is 16.8. The lowest BCUT2D eigenvalue weighted by Gasteiger charge is -2.37. The van der Waals surface area contributed by atoms with Gasteiger partial charge in [0.1, 0.15) is 0 Å². The maximum absolute atomic E-state index is 12.4. The van der Waals surface area contributed by atoms with Crippen molar-refractivity contribution in [1.29, 1.82) is 0 Å². The summed E-state index contributed by atoms with van der Waals surface area (Å²) in [7, 11) is 1.83. The van der Waals surface area contributed by atoms with Crippen LogP contribution in [0.4, 0.5) is 0 Å². The molecule has 1 saturated heterocycles. The van der Waals surface area contributed by atoms with Crippen molar-refractivity contribution in [1.82, 2.24) is 16.0 Å². The molecule has 0 spiro atoms. The molecule has 0 radical (unpaired) electrons. The predicted molar refractivity (Wildman–Crippen MR) is 112 cm³/mol. The number of ether oxygens (including phenoxy) is 1. The Kier molecular flexibility index (Phi) is 7.70. The van der Waals surface area contributed by atoms with Gasteiger partial charge in [-0.15, -0.1) is 0 Å². The predicted octanol–water partition coefficient (Wildman–Crippen LogP) is 2.29. The van der Waals surface area contributed by atoms with Crippen LogP contribution in [0.25, 0.3) is 0 Å². The van der Waals surface area contributed by atoms with Crippen LogP contribution in [0, 0.1) is 5.92 Å². The Hall–Kier alpha value is -0.950. The number of carbonyl (C=O) groups is 1. The summed E-state index contributed by atoms with van der Waals surface area (Å²) in [5.41, 5.74) is 0. The van der Waals surface area contributed by atoms with Crippen LogP contribution in [0.5, 0.6) is 0 Å². The second-order valence-electron chi connectivity index (χ2n) is 8.14. The second kappa shape index (κ2) is 10.0. The first-order chi connectivity index (χ1) is 13.1. The van der Waals surface area contributed by atoms with E-state index < -0.39 is 0 Å². The van der Waals surface area contributed by atoms with Crippen molar-refractivity contribution in [2.75, 3.05) is 32.6 Å². The van der Waals surface area contributed by atoms with Crippen LogP contribution in [-0.2, 0) is 9.53 Å². The molecular formula is C20H36N4O2S. The Morgan fingerprint density at radius 1 is 1.15 bits per heavy atom. The van der Waals surface area contributed by atoms with E-state index in [4.69, 9.17) is 4.74 Å². The maximum Gasteiger partial charge on any atom is 0.223 e. The fraction of sp³-hybridized carbons (Fsp3) is 0.900. The Balaban J connectivity index is 1.47. The van der Waals surface area contributed by atoms with E-state index in [1.54, 1.807) is 0 Å². The summed E-state index contributed by atoms with van der Waals surface area (Å²) in [6.45, 7) is 4.83. The van der Waals surface area contributed by atoms with Gasteiger partial charge in [-0.3, -0.25) is 9.79 Å². The van der Waals surface area contributed by atoms with Gasteiger partial charge in [0, 0.05) is 49.6 Å². The fourth-order valence-electron chi connectivity index (χ4n) is 4.16. The van der Waals surface area contributed by atoms with Gasteiger partial charge in [-0.2, -0.15) is 11.8 Å². The number of thioether (sulfide) groups is 1. The number of hydrogen-bond acceptors (Lipinski definition) is 4. The first-order valence-electron chi connectivity index (χ1n) is 10.6. The maximum atomic E-state index is 12.4. The topological polar surface area (TPSA) is 74.8 Å². The Labute approximate surface area is 168 Å². The summed E-state index contributed by atoms with van der Waals surface area (Å²) >= 11 is 2.04. The van der Waals surface area contributed by atoms with E-state index in [-0.39, 0.29) is 16.6 Å². The minimum atomic E-state index is 0.146. The average Bonchev–Trinajstić information content (AvgIpc) is 3.50. The third-order valence-corrected chi connectivity index (χ3v) is 7.42. The van der Waals surface area contributed by atoms with Gasteiger partial charge in [0.2, 0.25) is 5.91 Å². The highest BCUT2D eigenvalue weighted by Crippen LogP contribution is 2.34. The number of nitrogens with zero attached hydrogens (tertiary/aromatic N) is 1. The molecule has 2 aliphatic carbocycles. The van der Waals surface area contributed by atoms with E-state index in [9.17, 15) is 4.79 Å². The molecule has 6 nitrogen and oxygen atoms in total. The molecule has 0 aromatic heterocycles. The Morgan fingerprint density at radius 3 is 2.59 bits per heavy atom. The molecular weight excluding hydrogens is 360 g/mol. The fourth-order valence-corrected chi connectivity index (χ4v) is 5.40. The summed E-state index contributed by atoms with van der Waals surface area (Å²) in [6.07, 6.45) is 8.60. The molecule has 2 saturated carbocycles. The second-order valence-corrected chi connectivity index (χ2v) is 9.87. The molecule has 0 aromatic carbocycles. The normalized spacial score (nSPS) is 28.4. The zero-order valence-electron chi connectivity index (χ0n) is 16.9. The van der Waals surface area contributed by atoms with Gasteiger partial charge in [0.05, 0.1) is 0 Å². The number of carbonyl (C=O) groups excluding carboxylic acids is 1. The monoisotopic (exact) mass is 396 g/mol. The number of amides is 1. The van der Waals surface area contributed by atoms with E-state index in [1.165, 1.54) is 0 Å².